The first-order valence-electron chi connectivity index (χ1n) is 9.81. The minimum absolute atomic E-state index is 0.0465. The van der Waals surface area contributed by atoms with E-state index in [0.29, 0.717) is 31.0 Å². The number of aromatic nitrogens is 1. The van der Waals surface area contributed by atoms with Crippen molar-refractivity contribution in [3.8, 4) is 5.75 Å². The Balaban J connectivity index is 1.54. The quantitative estimate of drug-likeness (QED) is 0.750. The van der Waals surface area contributed by atoms with Crippen LogP contribution in [-0.4, -0.2) is 46.8 Å². The van der Waals surface area contributed by atoms with Gasteiger partial charge >= 0.3 is 0 Å². The van der Waals surface area contributed by atoms with Crippen molar-refractivity contribution in [1.29, 1.82) is 0 Å². The van der Waals surface area contributed by atoms with E-state index in [4.69, 9.17) is 4.74 Å². The molecule has 2 N–H and O–H groups in total. The number of methoxy groups -OCH3 is 1. The third-order valence-electron chi connectivity index (χ3n) is 5.76. The van der Waals surface area contributed by atoms with E-state index in [9.17, 15) is 14.3 Å². The molecular weight excluding hydrogens is 373 g/mol. The number of hydrogen-bond acceptors (Lipinski definition) is 4. The van der Waals surface area contributed by atoms with Crippen molar-refractivity contribution in [1.82, 2.24) is 14.8 Å². The summed E-state index contributed by atoms with van der Waals surface area (Å²) in [5, 5.41) is 12.4. The zero-order chi connectivity index (χ0) is 20.6. The maximum atomic E-state index is 13.7. The summed E-state index contributed by atoms with van der Waals surface area (Å²) in [5.41, 5.74) is 3.07. The van der Waals surface area contributed by atoms with Gasteiger partial charge in [-0.15, -0.1) is 0 Å². The number of nitrogens with zero attached hydrogens (tertiary/aromatic N) is 2. The molecule has 154 valence electrons. The predicted octanol–water partition coefficient (Wildman–Crippen LogP) is 2.31. The van der Waals surface area contributed by atoms with Crippen LogP contribution in [0, 0.1) is 5.82 Å². The molecule has 0 unspecified atom stereocenters. The molecule has 0 spiro atoms. The van der Waals surface area contributed by atoms with Gasteiger partial charge in [-0.3, -0.25) is 4.79 Å². The maximum absolute atomic E-state index is 13.7. The molecule has 1 aromatic heterocycles. The average Bonchev–Trinajstić information content (AvgIpc) is 3.32. The lowest BCUT2D eigenvalue weighted by Gasteiger charge is -2.28. The minimum Gasteiger partial charge on any atom is -0.496 e. The fourth-order valence-corrected chi connectivity index (χ4v) is 4.01. The van der Waals surface area contributed by atoms with Crippen molar-refractivity contribution in [3.05, 3.63) is 58.8 Å². The molecule has 1 fully saturated rings. The summed E-state index contributed by atoms with van der Waals surface area (Å²) in [6.07, 6.45) is 6.04. The van der Waals surface area contributed by atoms with Crippen molar-refractivity contribution in [2.45, 2.75) is 37.9 Å². The average molecular weight is 399 g/mol. The van der Waals surface area contributed by atoms with Crippen molar-refractivity contribution >= 4 is 12.0 Å². The lowest BCUT2D eigenvalue weighted by molar-refractivity contribution is -0.119. The number of amides is 1. The van der Waals surface area contributed by atoms with Gasteiger partial charge in [0.05, 0.1) is 13.7 Å². The van der Waals surface area contributed by atoms with Crippen LogP contribution in [0.3, 0.4) is 0 Å². The molecule has 7 heteroatoms. The van der Waals surface area contributed by atoms with Gasteiger partial charge in [0.2, 0.25) is 0 Å². The van der Waals surface area contributed by atoms with Gasteiger partial charge in [0.25, 0.3) is 5.91 Å². The highest BCUT2D eigenvalue weighted by Crippen LogP contribution is 2.41. The number of ether oxygens (including phenoxy) is 1. The highest BCUT2D eigenvalue weighted by molar-refractivity contribution is 5.98. The first-order chi connectivity index (χ1) is 13.9. The van der Waals surface area contributed by atoms with Crippen molar-refractivity contribution < 1.29 is 19.0 Å². The van der Waals surface area contributed by atoms with E-state index >= 15 is 0 Å². The van der Waals surface area contributed by atoms with E-state index in [-0.39, 0.29) is 23.9 Å². The number of likely N-dealkylation sites (N-methyl/N-ethyl adjacent to an activating group) is 1. The van der Waals surface area contributed by atoms with Gasteiger partial charge in [0, 0.05) is 37.6 Å². The first-order valence-corrected chi connectivity index (χ1v) is 9.81. The van der Waals surface area contributed by atoms with Crippen LogP contribution in [0.5, 0.6) is 5.75 Å². The second-order valence-electron chi connectivity index (χ2n) is 7.90. The van der Waals surface area contributed by atoms with Crippen LogP contribution in [0.1, 0.15) is 29.7 Å². The molecule has 1 amide bonds. The van der Waals surface area contributed by atoms with Crippen LogP contribution in [-0.2, 0) is 24.3 Å². The summed E-state index contributed by atoms with van der Waals surface area (Å²) in [6.45, 7) is 1.18. The van der Waals surface area contributed by atoms with Gasteiger partial charge < -0.3 is 24.6 Å². The second-order valence-corrected chi connectivity index (χ2v) is 7.90. The van der Waals surface area contributed by atoms with E-state index in [0.717, 1.165) is 29.7 Å². The number of benzene rings is 1. The highest BCUT2D eigenvalue weighted by Gasteiger charge is 2.45. The first kappa shape index (κ1) is 19.5. The molecule has 1 saturated carbocycles. The molecule has 2 heterocycles. The van der Waals surface area contributed by atoms with E-state index in [1.165, 1.54) is 12.1 Å². The molecule has 2 aromatic rings. The Kier molecular flexibility index (Phi) is 5.08. The Morgan fingerprint density at radius 3 is 2.83 bits per heavy atom. The number of fused-ring (bicyclic) bond motifs is 1. The van der Waals surface area contributed by atoms with Crippen LogP contribution in [0.4, 0.5) is 4.39 Å². The van der Waals surface area contributed by atoms with E-state index in [1.807, 2.05) is 34.9 Å². The molecule has 0 saturated heterocycles. The number of aliphatic hydroxyl groups excluding tert-OH is 1. The zero-order valence-electron chi connectivity index (χ0n) is 16.7. The largest absolute Gasteiger partial charge is 0.496 e. The van der Waals surface area contributed by atoms with Gasteiger partial charge in [-0.1, -0.05) is 0 Å². The molecule has 1 aliphatic heterocycles. The van der Waals surface area contributed by atoms with Crippen molar-refractivity contribution in [2.75, 3.05) is 20.8 Å². The summed E-state index contributed by atoms with van der Waals surface area (Å²) in [6, 6.07) is 6.49. The minimum atomic E-state index is -0.368. The van der Waals surface area contributed by atoms with Crippen LogP contribution in [0.2, 0.25) is 0 Å². The summed E-state index contributed by atoms with van der Waals surface area (Å²) < 4.78 is 21.0. The third-order valence-corrected chi connectivity index (χ3v) is 5.76. The summed E-state index contributed by atoms with van der Waals surface area (Å²) in [7, 11) is 3.46. The van der Waals surface area contributed by atoms with E-state index < -0.39 is 0 Å². The Morgan fingerprint density at radius 2 is 2.14 bits per heavy atom. The van der Waals surface area contributed by atoms with Crippen LogP contribution in [0.25, 0.3) is 6.08 Å². The second kappa shape index (κ2) is 7.55. The number of rotatable bonds is 7. The molecular formula is C22H26FN3O3. The fourth-order valence-electron chi connectivity index (χ4n) is 4.01. The number of carbonyl (C=O) groups is 1. The highest BCUT2D eigenvalue weighted by atomic mass is 19.1. The van der Waals surface area contributed by atoms with Crippen LogP contribution >= 0.6 is 0 Å². The standard InChI is InChI=1S/C22H26FN3O3/c1-25-14-15-5-8-26(9-10-27)18(15)12-19(25)21(28)24-22(6-7-22)13-16-11-17(23)3-4-20(16)29-2/h3-5,8,11-12,27H,6-7,9-10,13-14H2,1-2H3,(H,24,28). The summed E-state index contributed by atoms with van der Waals surface area (Å²) in [5.74, 6) is 0.185. The van der Waals surface area contributed by atoms with Gasteiger partial charge in [-0.25, -0.2) is 4.39 Å². The molecule has 1 aromatic carbocycles. The number of hydrogen-bond donors (Lipinski definition) is 2. The number of carbonyl (C=O) groups excluding carboxylic acids is 1. The third kappa shape index (κ3) is 3.87. The van der Waals surface area contributed by atoms with E-state index in [2.05, 4.69) is 5.32 Å². The molecule has 1 aliphatic carbocycles. The fraction of sp³-hybridized carbons (Fsp3) is 0.409. The zero-order valence-corrected chi connectivity index (χ0v) is 16.7. The monoisotopic (exact) mass is 399 g/mol. The smallest absolute Gasteiger partial charge is 0.268 e. The molecule has 0 bridgehead atoms. The maximum Gasteiger partial charge on any atom is 0.268 e. The van der Waals surface area contributed by atoms with Gasteiger partial charge in [-0.05, 0) is 60.7 Å². The van der Waals surface area contributed by atoms with Crippen molar-refractivity contribution in [2.24, 2.45) is 0 Å². The van der Waals surface area contributed by atoms with Gasteiger partial charge in [0.15, 0.2) is 0 Å². The molecule has 0 radical (unpaired) electrons. The topological polar surface area (TPSA) is 66.7 Å². The van der Waals surface area contributed by atoms with E-state index in [1.54, 1.807) is 13.2 Å². The summed E-state index contributed by atoms with van der Waals surface area (Å²) >= 11 is 0. The van der Waals surface area contributed by atoms with Crippen molar-refractivity contribution in [3.63, 3.8) is 0 Å². The van der Waals surface area contributed by atoms with Crippen LogP contribution < -0.4 is 10.1 Å². The number of aliphatic hydroxyl groups is 1. The number of halogens is 1. The van der Waals surface area contributed by atoms with Gasteiger partial charge in [0.1, 0.15) is 17.3 Å². The predicted molar refractivity (Wildman–Crippen MR) is 108 cm³/mol. The molecule has 6 nitrogen and oxygen atoms in total. The van der Waals surface area contributed by atoms with Crippen LogP contribution in [0.15, 0.2) is 36.2 Å². The molecule has 29 heavy (non-hydrogen) atoms. The SMILES string of the molecule is COc1ccc(F)cc1CC1(NC(=O)C2=Cc3c(ccn3CCO)CN2C)CC1. The Hall–Kier alpha value is -2.80. The lowest BCUT2D eigenvalue weighted by Crippen LogP contribution is -2.43. The Labute approximate surface area is 169 Å². The lowest BCUT2D eigenvalue weighted by atomic mass is 10.0. The normalized spacial score (nSPS) is 16.8. The molecule has 2 aliphatic rings. The Bertz CT molecular complexity index is 962. The molecule has 4 rings (SSSR count). The summed E-state index contributed by atoms with van der Waals surface area (Å²) in [4.78, 5) is 15.0. The number of nitrogens with one attached hydrogen (secondary N) is 1. The van der Waals surface area contributed by atoms with Gasteiger partial charge in [-0.2, -0.15) is 0 Å². The Morgan fingerprint density at radius 1 is 1.34 bits per heavy atom. The molecule has 0 atom stereocenters.